The van der Waals surface area contributed by atoms with E-state index in [0.29, 0.717) is 11.9 Å². The summed E-state index contributed by atoms with van der Waals surface area (Å²) in [6.45, 7) is 0. The van der Waals surface area contributed by atoms with E-state index in [4.69, 9.17) is 0 Å². The summed E-state index contributed by atoms with van der Waals surface area (Å²) in [6, 6.07) is 10.8. The van der Waals surface area contributed by atoms with Gasteiger partial charge in [0.05, 0.1) is 17.8 Å². The number of nitrogens with one attached hydrogen (secondary N) is 1. The molecule has 0 bridgehead atoms. The molecule has 0 spiro atoms. The van der Waals surface area contributed by atoms with Gasteiger partial charge in [-0.2, -0.15) is 5.10 Å². The summed E-state index contributed by atoms with van der Waals surface area (Å²) in [4.78, 5) is 4.47. The van der Waals surface area contributed by atoms with E-state index in [-0.39, 0.29) is 11.9 Å². The number of aromatic nitrogens is 3. The summed E-state index contributed by atoms with van der Waals surface area (Å²) < 4.78 is 15.0. The Bertz CT molecular complexity index is 761. The fourth-order valence-corrected chi connectivity index (χ4v) is 2.44. The van der Waals surface area contributed by atoms with Crippen LogP contribution in [0.25, 0.3) is 5.52 Å². The number of fused-ring (bicyclic) bond motifs is 1. The highest BCUT2D eigenvalue weighted by Gasteiger charge is 2.28. The zero-order valence-electron chi connectivity index (χ0n) is 11.4. The maximum absolute atomic E-state index is 13.1. The van der Waals surface area contributed by atoms with Gasteiger partial charge >= 0.3 is 0 Å². The number of hydrogen-bond acceptors (Lipinski definition) is 3. The number of rotatable bonds is 4. The third-order valence-electron chi connectivity index (χ3n) is 3.74. The molecule has 1 N–H and O–H groups in total. The molecule has 3 aromatic rings. The van der Waals surface area contributed by atoms with E-state index in [1.165, 1.54) is 25.0 Å². The molecule has 1 aromatic carbocycles. The minimum absolute atomic E-state index is 0.107. The van der Waals surface area contributed by atoms with Crippen LogP contribution in [0.1, 0.15) is 30.3 Å². The zero-order valence-corrected chi connectivity index (χ0v) is 11.4. The van der Waals surface area contributed by atoms with Gasteiger partial charge in [-0.25, -0.2) is 13.9 Å². The number of hydrogen-bond donors (Lipinski definition) is 1. The van der Waals surface area contributed by atoms with Gasteiger partial charge in [-0.05, 0) is 42.7 Å². The first kappa shape index (κ1) is 12.5. The van der Waals surface area contributed by atoms with Crippen molar-refractivity contribution in [2.45, 2.75) is 24.9 Å². The van der Waals surface area contributed by atoms with Crippen molar-refractivity contribution in [1.82, 2.24) is 19.9 Å². The highest BCUT2D eigenvalue weighted by molar-refractivity contribution is 5.43. The van der Waals surface area contributed by atoms with Crippen LogP contribution in [0.15, 0.2) is 48.8 Å². The van der Waals surface area contributed by atoms with E-state index < -0.39 is 0 Å². The molecule has 4 rings (SSSR count). The second kappa shape index (κ2) is 4.93. The Kier molecular flexibility index (Phi) is 2.93. The fourth-order valence-electron chi connectivity index (χ4n) is 2.44. The van der Waals surface area contributed by atoms with Gasteiger partial charge in [0.15, 0.2) is 5.82 Å². The summed E-state index contributed by atoms with van der Waals surface area (Å²) >= 11 is 0. The molecule has 1 aliphatic carbocycles. The van der Waals surface area contributed by atoms with Crippen molar-refractivity contribution < 1.29 is 4.39 Å². The summed E-state index contributed by atoms with van der Waals surface area (Å²) in [5.74, 6) is 0.475. The molecule has 5 heteroatoms. The second-order valence-electron chi connectivity index (χ2n) is 5.42. The minimum atomic E-state index is -0.231. The van der Waals surface area contributed by atoms with Gasteiger partial charge in [0.25, 0.3) is 0 Å². The lowest BCUT2D eigenvalue weighted by Gasteiger charge is -2.17. The van der Waals surface area contributed by atoms with Crippen LogP contribution in [0.4, 0.5) is 4.39 Å². The summed E-state index contributed by atoms with van der Waals surface area (Å²) in [6.07, 6.45) is 6.06. The van der Waals surface area contributed by atoms with Crippen LogP contribution in [-0.2, 0) is 0 Å². The Hall–Kier alpha value is -2.27. The molecule has 21 heavy (non-hydrogen) atoms. The highest BCUT2D eigenvalue weighted by atomic mass is 19.1. The van der Waals surface area contributed by atoms with Crippen molar-refractivity contribution in [3.8, 4) is 0 Å². The molecular weight excluding hydrogens is 267 g/mol. The Balaban J connectivity index is 1.74. The largest absolute Gasteiger partial charge is 0.301 e. The third kappa shape index (κ3) is 2.52. The molecule has 2 heterocycles. The van der Waals surface area contributed by atoms with Crippen molar-refractivity contribution in [3.05, 3.63) is 66.0 Å². The van der Waals surface area contributed by atoms with E-state index in [1.54, 1.807) is 12.1 Å². The molecular formula is C16H15FN4. The monoisotopic (exact) mass is 282 g/mol. The molecule has 0 radical (unpaired) electrons. The maximum atomic E-state index is 13.1. The average molecular weight is 282 g/mol. The van der Waals surface area contributed by atoms with Gasteiger partial charge in [0.2, 0.25) is 0 Å². The SMILES string of the molecule is Fc1ccc(C(NC2CC2)c2ncc3cccn3n2)cc1. The fraction of sp³-hybridized carbons (Fsp3) is 0.250. The maximum Gasteiger partial charge on any atom is 0.170 e. The number of nitrogens with zero attached hydrogens (tertiary/aromatic N) is 3. The van der Waals surface area contributed by atoms with Gasteiger partial charge in [-0.3, -0.25) is 0 Å². The molecule has 1 fully saturated rings. The first-order valence-electron chi connectivity index (χ1n) is 7.11. The van der Waals surface area contributed by atoms with Crippen LogP contribution < -0.4 is 5.32 Å². The third-order valence-corrected chi connectivity index (χ3v) is 3.74. The number of benzene rings is 1. The lowest BCUT2D eigenvalue weighted by atomic mass is 10.1. The van der Waals surface area contributed by atoms with E-state index in [9.17, 15) is 4.39 Å². The standard InChI is InChI=1S/C16H15FN4/c17-12-5-3-11(4-6-12)15(19-13-7-8-13)16-18-10-14-2-1-9-21(14)20-16/h1-6,9-10,13,15,19H,7-8H2. The first-order valence-corrected chi connectivity index (χ1v) is 7.11. The molecule has 2 aromatic heterocycles. The van der Waals surface area contributed by atoms with Crippen molar-refractivity contribution in [1.29, 1.82) is 0 Å². The zero-order chi connectivity index (χ0) is 14.2. The van der Waals surface area contributed by atoms with E-state index in [1.807, 2.05) is 29.0 Å². The average Bonchev–Trinajstić information content (AvgIpc) is 3.20. The predicted octanol–water partition coefficient (Wildman–Crippen LogP) is 2.71. The highest BCUT2D eigenvalue weighted by Crippen LogP contribution is 2.27. The van der Waals surface area contributed by atoms with E-state index >= 15 is 0 Å². The second-order valence-corrected chi connectivity index (χ2v) is 5.42. The van der Waals surface area contributed by atoms with Crippen LogP contribution >= 0.6 is 0 Å². The molecule has 0 aliphatic heterocycles. The molecule has 1 saturated carbocycles. The molecule has 1 atom stereocenters. The van der Waals surface area contributed by atoms with Crippen molar-refractivity contribution in [2.24, 2.45) is 0 Å². The summed E-state index contributed by atoms with van der Waals surface area (Å²) in [7, 11) is 0. The van der Waals surface area contributed by atoms with Crippen molar-refractivity contribution in [2.75, 3.05) is 0 Å². The molecule has 0 amide bonds. The smallest absolute Gasteiger partial charge is 0.170 e. The normalized spacial score (nSPS) is 16.2. The predicted molar refractivity (Wildman–Crippen MR) is 77.4 cm³/mol. The molecule has 0 saturated heterocycles. The number of halogens is 1. The van der Waals surface area contributed by atoms with Crippen LogP contribution in [0.2, 0.25) is 0 Å². The minimum Gasteiger partial charge on any atom is -0.301 e. The Morgan fingerprint density at radius 2 is 2.00 bits per heavy atom. The Labute approximate surface area is 121 Å². The van der Waals surface area contributed by atoms with Crippen LogP contribution in [-0.4, -0.2) is 20.6 Å². The van der Waals surface area contributed by atoms with Gasteiger partial charge in [0.1, 0.15) is 5.82 Å². The summed E-state index contributed by atoms with van der Waals surface area (Å²) in [5.41, 5.74) is 1.94. The molecule has 106 valence electrons. The lowest BCUT2D eigenvalue weighted by molar-refractivity contribution is 0.557. The molecule has 4 nitrogen and oxygen atoms in total. The van der Waals surface area contributed by atoms with Crippen molar-refractivity contribution in [3.63, 3.8) is 0 Å². The quantitative estimate of drug-likeness (QED) is 0.800. The van der Waals surface area contributed by atoms with Crippen LogP contribution in [0, 0.1) is 5.82 Å². The Morgan fingerprint density at radius 1 is 1.19 bits per heavy atom. The first-order chi connectivity index (χ1) is 10.3. The van der Waals surface area contributed by atoms with E-state index in [0.717, 1.165) is 11.1 Å². The van der Waals surface area contributed by atoms with Gasteiger partial charge in [-0.15, -0.1) is 0 Å². The van der Waals surface area contributed by atoms with Crippen LogP contribution in [0.5, 0.6) is 0 Å². The van der Waals surface area contributed by atoms with Crippen LogP contribution in [0.3, 0.4) is 0 Å². The van der Waals surface area contributed by atoms with Gasteiger partial charge in [0, 0.05) is 12.2 Å². The van der Waals surface area contributed by atoms with Crippen molar-refractivity contribution >= 4 is 5.52 Å². The lowest BCUT2D eigenvalue weighted by Crippen LogP contribution is -2.26. The van der Waals surface area contributed by atoms with Gasteiger partial charge < -0.3 is 5.32 Å². The molecule has 1 aliphatic rings. The van der Waals surface area contributed by atoms with Gasteiger partial charge in [-0.1, -0.05) is 12.1 Å². The topological polar surface area (TPSA) is 42.2 Å². The van der Waals surface area contributed by atoms with E-state index in [2.05, 4.69) is 15.4 Å². The summed E-state index contributed by atoms with van der Waals surface area (Å²) in [5, 5.41) is 8.10. The molecule has 1 unspecified atom stereocenters. The Morgan fingerprint density at radius 3 is 2.76 bits per heavy atom.